The molecule has 1 N–H and O–H groups in total. The van der Waals surface area contributed by atoms with Gasteiger partial charge in [-0.2, -0.15) is 0 Å². The fourth-order valence-electron chi connectivity index (χ4n) is 2.24. The quantitative estimate of drug-likeness (QED) is 0.845. The van der Waals surface area contributed by atoms with Crippen LogP contribution in [0.5, 0.6) is 0 Å². The van der Waals surface area contributed by atoms with Crippen LogP contribution in [0.4, 0.5) is 0 Å². The molecule has 1 heteroatoms. The molecule has 0 saturated carbocycles. The summed E-state index contributed by atoms with van der Waals surface area (Å²) in [6.45, 7) is 7.49. The molecule has 0 aliphatic rings. The molecule has 0 amide bonds. The lowest BCUT2D eigenvalue weighted by Gasteiger charge is -2.16. The van der Waals surface area contributed by atoms with Gasteiger partial charge < -0.3 is 5.32 Å². The molecule has 0 radical (unpaired) electrons. The number of hydrogen-bond donors (Lipinski definition) is 1. The monoisotopic (exact) mass is 239 g/mol. The van der Waals surface area contributed by atoms with Crippen molar-refractivity contribution in [1.82, 2.24) is 5.32 Å². The van der Waals surface area contributed by atoms with Crippen LogP contribution in [0.25, 0.3) is 0 Å². The van der Waals surface area contributed by atoms with Gasteiger partial charge >= 0.3 is 0 Å². The van der Waals surface area contributed by atoms with Crippen molar-refractivity contribution in [2.24, 2.45) is 0 Å². The number of benzene rings is 2. The van der Waals surface area contributed by atoms with Gasteiger partial charge in [0.1, 0.15) is 0 Å². The van der Waals surface area contributed by atoms with E-state index in [0.29, 0.717) is 6.04 Å². The maximum absolute atomic E-state index is 3.60. The summed E-state index contributed by atoms with van der Waals surface area (Å²) in [5, 5.41) is 3.60. The predicted molar refractivity (Wildman–Crippen MR) is 77.6 cm³/mol. The summed E-state index contributed by atoms with van der Waals surface area (Å²) in [6, 6.07) is 17.4. The Kier molecular flexibility index (Phi) is 4.16. The minimum atomic E-state index is 0.380. The minimum Gasteiger partial charge on any atom is -0.306 e. The van der Waals surface area contributed by atoms with Crippen LogP contribution in [0, 0.1) is 13.8 Å². The number of rotatable bonds is 4. The Balaban J connectivity index is 2.04. The average Bonchev–Trinajstić information content (AvgIpc) is 2.39. The van der Waals surface area contributed by atoms with Crippen LogP contribution < -0.4 is 5.32 Å². The molecular weight excluding hydrogens is 218 g/mol. The highest BCUT2D eigenvalue weighted by atomic mass is 14.9. The molecule has 0 unspecified atom stereocenters. The second-order valence-electron chi connectivity index (χ2n) is 4.88. The van der Waals surface area contributed by atoms with Gasteiger partial charge in [0.2, 0.25) is 0 Å². The minimum absolute atomic E-state index is 0.380. The first-order valence-corrected chi connectivity index (χ1v) is 6.52. The lowest BCUT2D eigenvalue weighted by Crippen LogP contribution is -2.19. The zero-order chi connectivity index (χ0) is 13.0. The maximum atomic E-state index is 3.60. The number of nitrogens with one attached hydrogen (secondary N) is 1. The summed E-state index contributed by atoms with van der Waals surface area (Å²) in [4.78, 5) is 0. The molecule has 0 bridgehead atoms. The molecule has 0 heterocycles. The fourth-order valence-corrected chi connectivity index (χ4v) is 2.24. The van der Waals surface area contributed by atoms with Crippen molar-refractivity contribution in [2.45, 2.75) is 33.4 Å². The van der Waals surface area contributed by atoms with Crippen LogP contribution in [0.3, 0.4) is 0 Å². The van der Waals surface area contributed by atoms with Crippen LogP contribution in [0.1, 0.15) is 35.2 Å². The number of hydrogen-bond acceptors (Lipinski definition) is 1. The predicted octanol–water partition coefficient (Wildman–Crippen LogP) is 4.15. The molecule has 18 heavy (non-hydrogen) atoms. The normalized spacial score (nSPS) is 12.4. The van der Waals surface area contributed by atoms with Crippen LogP contribution in [-0.2, 0) is 6.54 Å². The van der Waals surface area contributed by atoms with Crippen molar-refractivity contribution in [2.75, 3.05) is 0 Å². The topological polar surface area (TPSA) is 12.0 Å². The second kappa shape index (κ2) is 5.83. The average molecular weight is 239 g/mol. The standard InChI is InChI=1S/C17H21N/c1-13-8-7-9-14(2)17(13)12-18-15(3)16-10-5-4-6-11-16/h4-11,15,18H,12H2,1-3H3/t15-/m0/s1. The van der Waals surface area contributed by atoms with E-state index in [9.17, 15) is 0 Å². The third-order valence-electron chi connectivity index (χ3n) is 3.53. The van der Waals surface area contributed by atoms with Crippen molar-refractivity contribution in [3.8, 4) is 0 Å². The Hall–Kier alpha value is -1.60. The van der Waals surface area contributed by atoms with Gasteiger partial charge in [0.25, 0.3) is 0 Å². The molecule has 94 valence electrons. The summed E-state index contributed by atoms with van der Waals surface area (Å²) in [6.07, 6.45) is 0. The molecular formula is C17H21N. The highest BCUT2D eigenvalue weighted by Crippen LogP contribution is 2.16. The molecule has 2 aromatic carbocycles. The summed E-state index contributed by atoms with van der Waals surface area (Å²) >= 11 is 0. The van der Waals surface area contributed by atoms with Crippen LogP contribution in [-0.4, -0.2) is 0 Å². The molecule has 1 nitrogen and oxygen atoms in total. The lowest BCUT2D eigenvalue weighted by molar-refractivity contribution is 0.572. The Morgan fingerprint density at radius 2 is 1.50 bits per heavy atom. The molecule has 0 spiro atoms. The van der Waals surface area contributed by atoms with E-state index in [1.165, 1.54) is 22.3 Å². The van der Waals surface area contributed by atoms with Crippen molar-refractivity contribution >= 4 is 0 Å². The van der Waals surface area contributed by atoms with Crippen LogP contribution in [0.2, 0.25) is 0 Å². The van der Waals surface area contributed by atoms with Crippen molar-refractivity contribution < 1.29 is 0 Å². The third-order valence-corrected chi connectivity index (χ3v) is 3.53. The van der Waals surface area contributed by atoms with Crippen molar-refractivity contribution in [3.05, 3.63) is 70.8 Å². The molecule has 0 aliphatic heterocycles. The summed E-state index contributed by atoms with van der Waals surface area (Å²) < 4.78 is 0. The van der Waals surface area contributed by atoms with Crippen molar-refractivity contribution in [1.29, 1.82) is 0 Å². The zero-order valence-corrected chi connectivity index (χ0v) is 11.4. The highest BCUT2D eigenvalue weighted by molar-refractivity contribution is 5.33. The highest BCUT2D eigenvalue weighted by Gasteiger charge is 2.06. The van der Waals surface area contributed by atoms with Gasteiger partial charge in [-0.05, 0) is 43.0 Å². The van der Waals surface area contributed by atoms with E-state index in [0.717, 1.165) is 6.54 Å². The second-order valence-corrected chi connectivity index (χ2v) is 4.88. The fraction of sp³-hybridized carbons (Fsp3) is 0.294. The Morgan fingerprint density at radius 1 is 0.889 bits per heavy atom. The molecule has 0 fully saturated rings. The van der Waals surface area contributed by atoms with Crippen molar-refractivity contribution in [3.63, 3.8) is 0 Å². The molecule has 0 saturated heterocycles. The van der Waals surface area contributed by atoms with Gasteiger partial charge in [-0.25, -0.2) is 0 Å². The van der Waals surface area contributed by atoms with E-state index in [2.05, 4.69) is 74.6 Å². The third kappa shape index (κ3) is 2.99. The first-order valence-electron chi connectivity index (χ1n) is 6.52. The first-order chi connectivity index (χ1) is 8.68. The van der Waals surface area contributed by atoms with Gasteiger partial charge in [0.05, 0.1) is 0 Å². The van der Waals surface area contributed by atoms with Gasteiger partial charge in [-0.15, -0.1) is 0 Å². The maximum Gasteiger partial charge on any atom is 0.0294 e. The lowest BCUT2D eigenvalue weighted by atomic mass is 10.0. The van der Waals surface area contributed by atoms with Gasteiger partial charge in [-0.1, -0.05) is 48.5 Å². The Morgan fingerprint density at radius 3 is 2.11 bits per heavy atom. The molecule has 0 aromatic heterocycles. The van der Waals surface area contributed by atoms with Crippen LogP contribution >= 0.6 is 0 Å². The zero-order valence-electron chi connectivity index (χ0n) is 11.4. The van der Waals surface area contributed by atoms with E-state index in [4.69, 9.17) is 0 Å². The van der Waals surface area contributed by atoms with E-state index >= 15 is 0 Å². The molecule has 2 rings (SSSR count). The largest absolute Gasteiger partial charge is 0.306 e. The van der Waals surface area contributed by atoms with Crippen LogP contribution in [0.15, 0.2) is 48.5 Å². The summed E-state index contributed by atoms with van der Waals surface area (Å²) in [7, 11) is 0. The molecule has 0 aliphatic carbocycles. The molecule has 2 aromatic rings. The SMILES string of the molecule is Cc1cccc(C)c1CN[C@@H](C)c1ccccc1. The number of aryl methyl sites for hydroxylation is 2. The van der Waals surface area contributed by atoms with E-state index in [1.54, 1.807) is 0 Å². The summed E-state index contributed by atoms with van der Waals surface area (Å²) in [5.41, 5.74) is 5.48. The van der Waals surface area contributed by atoms with Gasteiger partial charge in [0.15, 0.2) is 0 Å². The summed E-state index contributed by atoms with van der Waals surface area (Å²) in [5.74, 6) is 0. The van der Waals surface area contributed by atoms with Gasteiger partial charge in [0, 0.05) is 12.6 Å². The molecule has 1 atom stereocenters. The Labute approximate surface area is 110 Å². The van der Waals surface area contributed by atoms with E-state index in [-0.39, 0.29) is 0 Å². The smallest absolute Gasteiger partial charge is 0.0294 e. The van der Waals surface area contributed by atoms with E-state index in [1.807, 2.05) is 0 Å². The Bertz CT molecular complexity index is 482. The van der Waals surface area contributed by atoms with E-state index < -0.39 is 0 Å². The first kappa shape index (κ1) is 12.8. The van der Waals surface area contributed by atoms with Gasteiger partial charge in [-0.3, -0.25) is 0 Å².